The molecule has 49 heavy (non-hydrogen) atoms. The van der Waals surface area contributed by atoms with Crippen molar-refractivity contribution in [3.63, 3.8) is 0 Å². The van der Waals surface area contributed by atoms with Crippen molar-refractivity contribution < 1.29 is 104 Å². The maximum absolute atomic E-state index is 12.4. The fraction of sp³-hybridized carbons (Fsp3) is 0.957. The Bertz CT molecular complexity index is 896. The van der Waals surface area contributed by atoms with Gasteiger partial charge in [0.2, 0.25) is 5.91 Å². The molecule has 0 saturated carbocycles. The molecule has 7 N–H and O–H groups in total. The van der Waals surface area contributed by atoms with Crippen molar-refractivity contribution >= 4 is 29.4 Å². The van der Waals surface area contributed by atoms with Gasteiger partial charge in [-0.1, -0.05) is 0 Å². The third-order valence-corrected chi connectivity index (χ3v) is 6.60. The van der Waals surface area contributed by atoms with E-state index in [1.165, 1.54) is 0 Å². The van der Waals surface area contributed by atoms with Crippen molar-refractivity contribution in [3.05, 3.63) is 0 Å². The zero-order valence-corrected chi connectivity index (χ0v) is 29.9. The van der Waals surface area contributed by atoms with Gasteiger partial charge in [0.05, 0.1) is 126 Å². The highest BCUT2D eigenvalue weighted by molar-refractivity contribution is 7.46. The van der Waals surface area contributed by atoms with E-state index in [-0.39, 0.29) is 26.4 Å². The topological polar surface area (TPSA) is 312 Å². The second-order valence-corrected chi connectivity index (χ2v) is 13.2. The molecule has 294 valence electrons. The lowest BCUT2D eigenvalue weighted by Crippen LogP contribution is -2.58. The van der Waals surface area contributed by atoms with Crippen LogP contribution in [0.1, 0.15) is 0 Å². The van der Waals surface area contributed by atoms with Crippen molar-refractivity contribution in [1.29, 1.82) is 0 Å². The van der Waals surface area contributed by atoms with Crippen LogP contribution in [0.15, 0.2) is 0 Å². The molecular weight excluding hydrogens is 735 g/mol. The van der Waals surface area contributed by atoms with Gasteiger partial charge in [-0.2, -0.15) is 0 Å². The van der Waals surface area contributed by atoms with Crippen molar-refractivity contribution in [1.82, 2.24) is 5.32 Å². The summed E-state index contributed by atoms with van der Waals surface area (Å²) < 4.78 is 93.7. The molecule has 0 aromatic rings. The molecule has 23 nitrogen and oxygen atoms in total. The summed E-state index contributed by atoms with van der Waals surface area (Å²) in [5, 5.41) is 2.05. The Kier molecular flexibility index (Phi) is 28.6. The smallest absolute Gasteiger partial charge is 0.382 e. The van der Waals surface area contributed by atoms with Crippen LogP contribution in [0.25, 0.3) is 0 Å². The Morgan fingerprint density at radius 1 is 0.469 bits per heavy atom. The van der Waals surface area contributed by atoms with E-state index in [0.717, 1.165) is 0 Å². The van der Waals surface area contributed by atoms with Crippen LogP contribution in [0, 0.1) is 0 Å². The van der Waals surface area contributed by atoms with Crippen molar-refractivity contribution in [2.24, 2.45) is 0 Å². The summed E-state index contributed by atoms with van der Waals surface area (Å²) >= 11 is 0. The average Bonchev–Trinajstić information content (AvgIpc) is 3.00. The van der Waals surface area contributed by atoms with Gasteiger partial charge >= 0.3 is 23.5 Å². The number of methoxy groups -OCH3 is 1. The highest BCUT2D eigenvalue weighted by atomic mass is 31.2. The first-order valence-electron chi connectivity index (χ1n) is 14.6. The summed E-state index contributed by atoms with van der Waals surface area (Å²) in [6.07, 6.45) is 0. The molecule has 0 bridgehead atoms. The van der Waals surface area contributed by atoms with Gasteiger partial charge in [0.15, 0.2) is 0 Å². The van der Waals surface area contributed by atoms with Crippen LogP contribution >= 0.6 is 23.5 Å². The number of phosphoric ester groups is 3. The van der Waals surface area contributed by atoms with Gasteiger partial charge in [0, 0.05) is 7.11 Å². The molecule has 0 aliphatic heterocycles. The average molecular weight is 786 g/mol. The summed E-state index contributed by atoms with van der Waals surface area (Å²) in [5.74, 6) is -1.04. The normalized spacial score (nSPS) is 12.9. The Morgan fingerprint density at radius 2 is 0.714 bits per heavy atom. The molecule has 0 heterocycles. The molecule has 0 unspecified atom stereocenters. The van der Waals surface area contributed by atoms with E-state index in [1.54, 1.807) is 7.11 Å². The van der Waals surface area contributed by atoms with Crippen LogP contribution in [0.5, 0.6) is 0 Å². The van der Waals surface area contributed by atoms with Crippen LogP contribution in [-0.2, 0) is 74.7 Å². The van der Waals surface area contributed by atoms with E-state index in [2.05, 4.69) is 18.9 Å². The number of carbonyl (C=O) groups excluding carboxylic acids is 1. The molecule has 0 atom stereocenters. The highest BCUT2D eigenvalue weighted by Gasteiger charge is 2.40. The van der Waals surface area contributed by atoms with E-state index in [0.29, 0.717) is 79.3 Å². The van der Waals surface area contributed by atoms with E-state index in [1.807, 2.05) is 0 Å². The van der Waals surface area contributed by atoms with Gasteiger partial charge < -0.3 is 77.3 Å². The van der Waals surface area contributed by atoms with Crippen LogP contribution in [0.2, 0.25) is 0 Å². The van der Waals surface area contributed by atoms with Gasteiger partial charge in [0.1, 0.15) is 12.1 Å². The molecule has 0 radical (unpaired) electrons. The molecule has 0 rings (SSSR count). The number of ether oxygens (including phenoxy) is 9. The van der Waals surface area contributed by atoms with E-state index >= 15 is 0 Å². The standard InChI is InChI=1S/C23H50NO22P3/c1-35-2-3-36-4-5-37-6-7-38-8-9-39-10-11-40-12-13-41-14-15-42-16-17-43-18-22(25)24-23(19-44-47(26,27)28,20-45-48(29,30)31)21-46-49(32,33)34/h2-21H2,1H3,(H,24,25)(H2,26,27,28)(H2,29,30,31)(H2,32,33,34). The first-order valence-corrected chi connectivity index (χ1v) is 19.2. The second kappa shape index (κ2) is 29.0. The van der Waals surface area contributed by atoms with Gasteiger partial charge in [-0.05, 0) is 0 Å². The first kappa shape index (κ1) is 48.4. The quantitative estimate of drug-likeness (QED) is 0.0265. The van der Waals surface area contributed by atoms with Crippen molar-refractivity contribution in [2.75, 3.05) is 139 Å². The number of hydrogen-bond acceptors (Lipinski definition) is 16. The zero-order valence-electron chi connectivity index (χ0n) is 27.2. The molecule has 0 aliphatic rings. The zero-order chi connectivity index (χ0) is 36.9. The summed E-state index contributed by atoms with van der Waals surface area (Å²) in [6.45, 7) is 1.21. The van der Waals surface area contributed by atoms with Gasteiger partial charge in [-0.3, -0.25) is 18.4 Å². The highest BCUT2D eigenvalue weighted by Crippen LogP contribution is 2.42. The summed E-state index contributed by atoms with van der Waals surface area (Å²) in [7, 11) is -14.1. The van der Waals surface area contributed by atoms with E-state index in [9.17, 15) is 18.5 Å². The van der Waals surface area contributed by atoms with Gasteiger partial charge in [0.25, 0.3) is 0 Å². The lowest BCUT2D eigenvalue weighted by molar-refractivity contribution is -0.130. The van der Waals surface area contributed by atoms with Crippen LogP contribution < -0.4 is 5.32 Å². The minimum absolute atomic E-state index is 0.0284. The number of phosphoric acid groups is 3. The third-order valence-electron chi connectivity index (χ3n) is 5.20. The fourth-order valence-electron chi connectivity index (χ4n) is 3.03. The molecular formula is C23H50NO22P3. The SMILES string of the molecule is COCCOCCOCCOCCOCCOCCOCCOCCOCC(=O)NC(COP(=O)(O)O)(COP(=O)(O)O)COP(=O)(O)O. The van der Waals surface area contributed by atoms with Crippen molar-refractivity contribution in [3.8, 4) is 0 Å². The molecule has 1 amide bonds. The van der Waals surface area contributed by atoms with Crippen LogP contribution in [0.4, 0.5) is 0 Å². The minimum Gasteiger partial charge on any atom is -0.382 e. The summed E-state index contributed by atoms with van der Waals surface area (Å²) in [4.78, 5) is 66.4. The maximum Gasteiger partial charge on any atom is 0.469 e. The fourth-order valence-corrected chi connectivity index (χ4v) is 4.28. The molecule has 0 saturated heterocycles. The monoisotopic (exact) mass is 785 g/mol. The Morgan fingerprint density at radius 3 is 0.959 bits per heavy atom. The maximum atomic E-state index is 12.4. The largest absolute Gasteiger partial charge is 0.469 e. The number of amides is 1. The predicted octanol–water partition coefficient (Wildman–Crippen LogP) is -2.05. The molecule has 0 fully saturated rings. The molecule has 26 heteroatoms. The van der Waals surface area contributed by atoms with Crippen LogP contribution in [-0.4, -0.2) is 180 Å². The molecule has 0 aromatic heterocycles. The second-order valence-electron chi connectivity index (χ2n) is 9.45. The number of rotatable bonds is 36. The van der Waals surface area contributed by atoms with Gasteiger partial charge in [-0.15, -0.1) is 0 Å². The number of nitrogens with one attached hydrogen (secondary N) is 1. The Balaban J connectivity index is 3.97. The minimum atomic E-state index is -5.23. The molecule has 0 aromatic carbocycles. The number of carbonyl (C=O) groups is 1. The predicted molar refractivity (Wildman–Crippen MR) is 163 cm³/mol. The molecule has 0 aliphatic carbocycles. The Labute approximate surface area is 283 Å². The summed E-state index contributed by atoms with van der Waals surface area (Å²) in [5.41, 5.74) is -2.37. The first-order chi connectivity index (χ1) is 23.1. The lowest BCUT2D eigenvalue weighted by Gasteiger charge is -2.33. The Hall–Kier alpha value is -0.560. The van der Waals surface area contributed by atoms with E-state index in [4.69, 9.17) is 72.0 Å². The van der Waals surface area contributed by atoms with Gasteiger partial charge in [-0.25, -0.2) is 13.7 Å². The number of hydrogen-bond donors (Lipinski definition) is 7. The third kappa shape index (κ3) is 35.6. The van der Waals surface area contributed by atoms with E-state index < -0.39 is 61.3 Å². The summed E-state index contributed by atoms with van der Waals surface area (Å²) in [6, 6.07) is 0. The molecule has 0 spiro atoms. The van der Waals surface area contributed by atoms with Crippen molar-refractivity contribution in [2.45, 2.75) is 5.54 Å². The lowest BCUT2D eigenvalue weighted by atomic mass is 10.0. The van der Waals surface area contributed by atoms with Crippen LogP contribution in [0.3, 0.4) is 0 Å².